The fraction of sp³-hybridized carbons (Fsp3) is 0.538. The molecular formula is C13H22O. The van der Waals surface area contributed by atoms with Gasteiger partial charge in [0.05, 0.1) is 5.76 Å². The number of hydrogen-bond acceptors (Lipinski definition) is 1. The summed E-state index contributed by atoms with van der Waals surface area (Å²) in [4.78, 5) is 0. The van der Waals surface area contributed by atoms with Crippen molar-refractivity contribution in [3.8, 4) is 0 Å². The summed E-state index contributed by atoms with van der Waals surface area (Å²) in [6.07, 6.45) is 6.62. The molecule has 0 aromatic carbocycles. The van der Waals surface area contributed by atoms with Crippen molar-refractivity contribution in [2.75, 3.05) is 0 Å². The van der Waals surface area contributed by atoms with Crippen LogP contribution in [-0.4, -0.2) is 5.11 Å². The number of hydrogen-bond donors (Lipinski definition) is 1. The van der Waals surface area contributed by atoms with Crippen molar-refractivity contribution in [2.24, 2.45) is 0 Å². The van der Waals surface area contributed by atoms with Gasteiger partial charge in [-0.25, -0.2) is 0 Å². The molecule has 0 heterocycles. The molecule has 0 unspecified atom stereocenters. The molecule has 0 aliphatic carbocycles. The molecule has 0 aliphatic rings. The van der Waals surface area contributed by atoms with Crippen LogP contribution in [0.4, 0.5) is 0 Å². The summed E-state index contributed by atoms with van der Waals surface area (Å²) in [7, 11) is 0. The smallest absolute Gasteiger partial charge is 0.0883 e. The van der Waals surface area contributed by atoms with E-state index in [4.69, 9.17) is 0 Å². The van der Waals surface area contributed by atoms with Crippen molar-refractivity contribution in [1.82, 2.24) is 0 Å². The highest BCUT2D eigenvalue weighted by Crippen LogP contribution is 2.19. The molecule has 0 aromatic heterocycles. The van der Waals surface area contributed by atoms with E-state index in [9.17, 15) is 5.11 Å². The van der Waals surface area contributed by atoms with E-state index < -0.39 is 0 Å². The van der Waals surface area contributed by atoms with Gasteiger partial charge in [0.15, 0.2) is 0 Å². The number of aliphatic hydroxyl groups excluding tert-OH is 1. The van der Waals surface area contributed by atoms with E-state index in [0.29, 0.717) is 12.2 Å². The molecule has 0 amide bonds. The Bertz CT molecular complexity index is 223. The lowest BCUT2D eigenvalue weighted by molar-refractivity contribution is 0.387. The van der Waals surface area contributed by atoms with Gasteiger partial charge in [-0.3, -0.25) is 0 Å². The highest BCUT2D eigenvalue weighted by atomic mass is 16.3. The standard InChI is InChI=1S/C13H22O/c1-5-7-8-11(3)12(4)9-10-13(14)6-2/h6,14H,3-5,7-10H2,1-2H3/b13-6+. The molecule has 1 N–H and O–H groups in total. The minimum absolute atomic E-state index is 0.439. The average molecular weight is 194 g/mol. The van der Waals surface area contributed by atoms with Crippen LogP contribution in [0.2, 0.25) is 0 Å². The molecule has 0 fully saturated rings. The number of aliphatic hydroxyl groups is 1. The third kappa shape index (κ3) is 5.63. The molecule has 14 heavy (non-hydrogen) atoms. The Hall–Kier alpha value is -0.980. The monoisotopic (exact) mass is 194 g/mol. The lowest BCUT2D eigenvalue weighted by Gasteiger charge is -2.08. The van der Waals surface area contributed by atoms with E-state index in [1.165, 1.54) is 12.8 Å². The van der Waals surface area contributed by atoms with Crippen molar-refractivity contribution < 1.29 is 5.11 Å². The summed E-state index contributed by atoms with van der Waals surface area (Å²) < 4.78 is 0. The number of rotatable bonds is 7. The average Bonchev–Trinajstić information content (AvgIpc) is 2.21. The third-order valence-electron chi connectivity index (χ3n) is 2.35. The second-order valence-corrected chi connectivity index (χ2v) is 3.59. The van der Waals surface area contributed by atoms with Gasteiger partial charge in [-0.15, -0.1) is 0 Å². The van der Waals surface area contributed by atoms with E-state index >= 15 is 0 Å². The highest BCUT2D eigenvalue weighted by molar-refractivity contribution is 5.25. The van der Waals surface area contributed by atoms with Crippen LogP contribution in [0.25, 0.3) is 0 Å². The Labute approximate surface area is 87.8 Å². The van der Waals surface area contributed by atoms with Crippen LogP contribution in [0.1, 0.15) is 46.0 Å². The van der Waals surface area contributed by atoms with Crippen LogP contribution in [0.15, 0.2) is 36.1 Å². The third-order valence-corrected chi connectivity index (χ3v) is 2.35. The summed E-state index contributed by atoms with van der Waals surface area (Å²) >= 11 is 0. The SMILES string of the molecule is C=C(CCCC)C(=C)CC/C(O)=C\C. The van der Waals surface area contributed by atoms with Gasteiger partial charge in [-0.2, -0.15) is 0 Å². The Balaban J connectivity index is 3.79. The molecule has 80 valence electrons. The van der Waals surface area contributed by atoms with E-state index in [0.717, 1.165) is 24.0 Å². The first-order valence-electron chi connectivity index (χ1n) is 5.31. The van der Waals surface area contributed by atoms with Crippen LogP contribution >= 0.6 is 0 Å². The van der Waals surface area contributed by atoms with Gasteiger partial charge in [0, 0.05) is 6.42 Å². The van der Waals surface area contributed by atoms with E-state index in [1.807, 2.05) is 6.92 Å². The van der Waals surface area contributed by atoms with Crippen LogP contribution in [0.3, 0.4) is 0 Å². The lowest BCUT2D eigenvalue weighted by Crippen LogP contribution is -1.90. The Kier molecular flexibility index (Phi) is 6.91. The molecule has 0 aromatic rings. The second-order valence-electron chi connectivity index (χ2n) is 3.59. The molecule has 1 heteroatoms. The summed E-state index contributed by atoms with van der Waals surface area (Å²) in [5.74, 6) is 0.439. The topological polar surface area (TPSA) is 20.2 Å². The molecule has 0 saturated carbocycles. The van der Waals surface area contributed by atoms with Gasteiger partial charge in [-0.05, 0) is 32.3 Å². The second kappa shape index (κ2) is 7.43. The zero-order chi connectivity index (χ0) is 11.0. The molecule has 0 atom stereocenters. The first kappa shape index (κ1) is 13.0. The quantitative estimate of drug-likeness (QED) is 0.466. The largest absolute Gasteiger partial charge is 0.513 e. The fourth-order valence-corrected chi connectivity index (χ4v) is 1.17. The number of unbranched alkanes of at least 4 members (excludes halogenated alkanes) is 1. The van der Waals surface area contributed by atoms with Gasteiger partial charge < -0.3 is 5.11 Å². The van der Waals surface area contributed by atoms with Crippen molar-refractivity contribution in [3.63, 3.8) is 0 Å². The molecule has 0 aliphatic heterocycles. The molecule has 1 nitrogen and oxygen atoms in total. The first-order chi connectivity index (χ1) is 6.61. The van der Waals surface area contributed by atoms with E-state index in [-0.39, 0.29) is 0 Å². The maximum Gasteiger partial charge on any atom is 0.0883 e. The van der Waals surface area contributed by atoms with Gasteiger partial charge in [0.25, 0.3) is 0 Å². The number of allylic oxidation sites excluding steroid dienone is 4. The Morgan fingerprint density at radius 1 is 1.14 bits per heavy atom. The molecule has 0 saturated heterocycles. The summed E-state index contributed by atoms with van der Waals surface area (Å²) in [6, 6.07) is 0. The zero-order valence-electron chi connectivity index (χ0n) is 9.47. The van der Waals surface area contributed by atoms with Crippen LogP contribution < -0.4 is 0 Å². The van der Waals surface area contributed by atoms with Crippen LogP contribution in [0.5, 0.6) is 0 Å². The summed E-state index contributed by atoms with van der Waals surface area (Å²) in [6.45, 7) is 12.0. The van der Waals surface area contributed by atoms with Crippen LogP contribution in [0, 0.1) is 0 Å². The predicted octanol–water partition coefficient (Wildman–Crippen LogP) is 4.53. The van der Waals surface area contributed by atoms with Crippen LogP contribution in [-0.2, 0) is 0 Å². The Morgan fingerprint density at radius 2 is 1.71 bits per heavy atom. The van der Waals surface area contributed by atoms with Crippen molar-refractivity contribution in [1.29, 1.82) is 0 Å². The van der Waals surface area contributed by atoms with Crippen molar-refractivity contribution in [3.05, 3.63) is 36.1 Å². The molecule has 0 spiro atoms. The first-order valence-corrected chi connectivity index (χ1v) is 5.31. The van der Waals surface area contributed by atoms with Gasteiger partial charge in [0.1, 0.15) is 0 Å². The van der Waals surface area contributed by atoms with Gasteiger partial charge in [-0.1, -0.05) is 37.6 Å². The highest BCUT2D eigenvalue weighted by Gasteiger charge is 2.01. The molecule has 0 radical (unpaired) electrons. The summed E-state index contributed by atoms with van der Waals surface area (Å²) in [5.41, 5.74) is 2.21. The minimum atomic E-state index is 0.439. The molecular weight excluding hydrogens is 172 g/mol. The fourth-order valence-electron chi connectivity index (χ4n) is 1.17. The molecule has 0 rings (SSSR count). The van der Waals surface area contributed by atoms with Crippen molar-refractivity contribution >= 4 is 0 Å². The van der Waals surface area contributed by atoms with Crippen molar-refractivity contribution in [2.45, 2.75) is 46.0 Å². The maximum absolute atomic E-state index is 9.25. The molecule has 0 bridgehead atoms. The normalized spacial score (nSPS) is 11.4. The van der Waals surface area contributed by atoms with Gasteiger partial charge in [0.2, 0.25) is 0 Å². The maximum atomic E-state index is 9.25. The minimum Gasteiger partial charge on any atom is -0.513 e. The van der Waals surface area contributed by atoms with E-state index in [1.54, 1.807) is 6.08 Å². The lowest BCUT2D eigenvalue weighted by atomic mass is 9.99. The summed E-state index contributed by atoms with van der Waals surface area (Å²) in [5, 5.41) is 9.25. The van der Waals surface area contributed by atoms with Gasteiger partial charge >= 0.3 is 0 Å². The predicted molar refractivity (Wildman–Crippen MR) is 63.4 cm³/mol. The Morgan fingerprint density at radius 3 is 2.21 bits per heavy atom. The van der Waals surface area contributed by atoms with E-state index in [2.05, 4.69) is 20.1 Å². The zero-order valence-corrected chi connectivity index (χ0v) is 9.47.